The lowest BCUT2D eigenvalue weighted by Gasteiger charge is -2.22. The molecule has 130 valence electrons. The van der Waals surface area contributed by atoms with Gasteiger partial charge in [0.05, 0.1) is 18.1 Å². The van der Waals surface area contributed by atoms with E-state index in [1.165, 1.54) is 17.5 Å². The van der Waals surface area contributed by atoms with Crippen LogP contribution in [0.25, 0.3) is 0 Å². The first-order chi connectivity index (χ1) is 10.2. The molecule has 0 aliphatic carbocycles. The molecule has 1 unspecified atom stereocenters. The number of hydrogen-bond acceptors (Lipinski definition) is 6. The van der Waals surface area contributed by atoms with Gasteiger partial charge in [-0.1, -0.05) is 6.92 Å². The smallest absolute Gasteiger partial charge is 0.273 e. The second kappa shape index (κ2) is 7.00. The van der Waals surface area contributed by atoms with Crippen molar-refractivity contribution in [3.63, 3.8) is 0 Å². The first-order valence-electron chi connectivity index (χ1n) is 6.76. The zero-order valence-electron chi connectivity index (χ0n) is 12.9. The molecule has 1 aliphatic rings. The number of nitro benzene ring substituents is 1. The second-order valence-electron chi connectivity index (χ2n) is 5.70. The Hall–Kier alpha value is -1.42. The van der Waals surface area contributed by atoms with E-state index in [0.717, 1.165) is 12.1 Å². The van der Waals surface area contributed by atoms with Crippen LogP contribution in [0.3, 0.4) is 0 Å². The third kappa shape index (κ3) is 3.74. The standard InChI is InChI=1S/C13H19N3O5S.ClH/c1-13(8-14)5-6-15(9-13)22(19,20)12-4-3-10(16(17)18)7-11(12)21-2;/h3-4,7H,5-6,8-9,14H2,1-2H3;1H. The fourth-order valence-electron chi connectivity index (χ4n) is 2.47. The van der Waals surface area contributed by atoms with Gasteiger partial charge in [0.25, 0.3) is 5.69 Å². The number of halogens is 1. The summed E-state index contributed by atoms with van der Waals surface area (Å²) in [6.07, 6.45) is 0.679. The second-order valence-corrected chi connectivity index (χ2v) is 7.60. The van der Waals surface area contributed by atoms with Crippen LogP contribution in [0, 0.1) is 15.5 Å². The molecule has 0 radical (unpaired) electrons. The first-order valence-corrected chi connectivity index (χ1v) is 8.20. The Morgan fingerprint density at radius 1 is 1.48 bits per heavy atom. The van der Waals surface area contributed by atoms with E-state index < -0.39 is 14.9 Å². The van der Waals surface area contributed by atoms with Crippen LogP contribution < -0.4 is 10.5 Å². The van der Waals surface area contributed by atoms with Gasteiger partial charge in [-0.2, -0.15) is 4.31 Å². The van der Waals surface area contributed by atoms with Gasteiger partial charge < -0.3 is 10.5 Å². The third-order valence-corrected chi connectivity index (χ3v) is 5.88. The van der Waals surface area contributed by atoms with Gasteiger partial charge in [0.2, 0.25) is 10.0 Å². The number of nitrogens with two attached hydrogens (primary N) is 1. The SMILES string of the molecule is COc1cc([N+](=O)[O-])ccc1S(=O)(=O)N1CCC(C)(CN)C1.Cl. The highest BCUT2D eigenvalue weighted by Crippen LogP contribution is 2.36. The quantitative estimate of drug-likeness (QED) is 0.622. The van der Waals surface area contributed by atoms with Crippen molar-refractivity contribution >= 4 is 28.1 Å². The number of methoxy groups -OCH3 is 1. The molecule has 1 aromatic rings. The number of nitrogens with zero attached hydrogens (tertiary/aromatic N) is 2. The van der Waals surface area contributed by atoms with Crippen molar-refractivity contribution in [3.8, 4) is 5.75 Å². The molecule has 1 aromatic carbocycles. The summed E-state index contributed by atoms with van der Waals surface area (Å²) < 4.78 is 31.8. The van der Waals surface area contributed by atoms with E-state index in [2.05, 4.69) is 0 Å². The Morgan fingerprint density at radius 3 is 2.61 bits per heavy atom. The lowest BCUT2D eigenvalue weighted by Crippen LogP contribution is -2.34. The van der Waals surface area contributed by atoms with Crippen LogP contribution in [0.15, 0.2) is 23.1 Å². The van der Waals surface area contributed by atoms with Gasteiger partial charge in [0.1, 0.15) is 10.6 Å². The van der Waals surface area contributed by atoms with Crippen LogP contribution in [0.2, 0.25) is 0 Å². The molecule has 2 rings (SSSR count). The number of non-ortho nitro benzene ring substituents is 1. The van der Waals surface area contributed by atoms with Gasteiger partial charge in [-0.3, -0.25) is 10.1 Å². The maximum Gasteiger partial charge on any atom is 0.273 e. The lowest BCUT2D eigenvalue weighted by molar-refractivity contribution is -0.385. The largest absolute Gasteiger partial charge is 0.495 e. The van der Waals surface area contributed by atoms with Crippen molar-refractivity contribution in [2.45, 2.75) is 18.2 Å². The lowest BCUT2D eigenvalue weighted by atomic mass is 9.90. The van der Waals surface area contributed by atoms with Gasteiger partial charge in [0, 0.05) is 19.2 Å². The van der Waals surface area contributed by atoms with E-state index >= 15 is 0 Å². The maximum atomic E-state index is 12.7. The Kier molecular flexibility index (Phi) is 5.97. The number of ether oxygens (including phenoxy) is 1. The van der Waals surface area contributed by atoms with Gasteiger partial charge >= 0.3 is 0 Å². The molecule has 10 heteroatoms. The van der Waals surface area contributed by atoms with Crippen LogP contribution in [0.1, 0.15) is 13.3 Å². The van der Waals surface area contributed by atoms with E-state index in [1.54, 1.807) is 0 Å². The van der Waals surface area contributed by atoms with Crippen LogP contribution in [-0.4, -0.2) is 44.4 Å². The molecule has 1 fully saturated rings. The molecule has 23 heavy (non-hydrogen) atoms. The Bertz CT molecular complexity index is 697. The zero-order chi connectivity index (χ0) is 16.5. The number of sulfonamides is 1. The summed E-state index contributed by atoms with van der Waals surface area (Å²) in [5, 5.41) is 10.8. The molecule has 1 heterocycles. The van der Waals surface area contributed by atoms with Crippen molar-refractivity contribution in [2.24, 2.45) is 11.1 Å². The van der Waals surface area contributed by atoms with Crippen molar-refractivity contribution in [1.29, 1.82) is 0 Å². The molecule has 0 saturated carbocycles. The van der Waals surface area contributed by atoms with Crippen molar-refractivity contribution in [1.82, 2.24) is 4.31 Å². The molecule has 0 aromatic heterocycles. The molecular formula is C13H20ClN3O5S. The van der Waals surface area contributed by atoms with E-state index in [4.69, 9.17) is 10.5 Å². The van der Waals surface area contributed by atoms with Crippen molar-refractivity contribution in [3.05, 3.63) is 28.3 Å². The summed E-state index contributed by atoms with van der Waals surface area (Å²) in [4.78, 5) is 10.1. The predicted octanol–water partition coefficient (Wildman–Crippen LogP) is 1.38. The van der Waals surface area contributed by atoms with Gasteiger partial charge in [-0.05, 0) is 24.4 Å². The highest BCUT2D eigenvalue weighted by Gasteiger charge is 2.40. The van der Waals surface area contributed by atoms with Gasteiger partial charge in [0.15, 0.2) is 0 Å². The Labute approximate surface area is 141 Å². The summed E-state index contributed by atoms with van der Waals surface area (Å²) in [7, 11) is -2.49. The van der Waals surface area contributed by atoms with E-state index in [1.807, 2.05) is 6.92 Å². The highest BCUT2D eigenvalue weighted by molar-refractivity contribution is 7.89. The molecule has 1 saturated heterocycles. The Morgan fingerprint density at radius 2 is 2.13 bits per heavy atom. The number of hydrogen-bond donors (Lipinski definition) is 1. The normalized spacial score (nSPS) is 21.7. The maximum absolute atomic E-state index is 12.7. The van der Waals surface area contributed by atoms with E-state index in [9.17, 15) is 18.5 Å². The topological polar surface area (TPSA) is 116 Å². The van der Waals surface area contributed by atoms with Crippen LogP contribution in [-0.2, 0) is 10.0 Å². The van der Waals surface area contributed by atoms with Crippen LogP contribution in [0.5, 0.6) is 5.75 Å². The summed E-state index contributed by atoms with van der Waals surface area (Å²) in [6.45, 7) is 3.04. The van der Waals surface area contributed by atoms with E-state index in [-0.39, 0.29) is 34.2 Å². The van der Waals surface area contributed by atoms with Crippen LogP contribution >= 0.6 is 12.4 Å². The van der Waals surface area contributed by atoms with Crippen LogP contribution in [0.4, 0.5) is 5.69 Å². The number of benzene rings is 1. The first kappa shape index (κ1) is 19.6. The fraction of sp³-hybridized carbons (Fsp3) is 0.538. The monoisotopic (exact) mass is 365 g/mol. The van der Waals surface area contributed by atoms with Crippen molar-refractivity contribution < 1.29 is 18.1 Å². The van der Waals surface area contributed by atoms with E-state index in [0.29, 0.717) is 26.1 Å². The minimum atomic E-state index is -3.77. The third-order valence-electron chi connectivity index (χ3n) is 3.99. The minimum Gasteiger partial charge on any atom is -0.495 e. The highest BCUT2D eigenvalue weighted by atomic mass is 35.5. The predicted molar refractivity (Wildman–Crippen MR) is 87.4 cm³/mol. The molecular weight excluding hydrogens is 346 g/mol. The van der Waals surface area contributed by atoms with Gasteiger partial charge in [-0.15, -0.1) is 12.4 Å². The molecule has 1 atom stereocenters. The Balaban J connectivity index is 0.00000264. The van der Waals surface area contributed by atoms with Crippen molar-refractivity contribution in [2.75, 3.05) is 26.7 Å². The zero-order valence-corrected chi connectivity index (χ0v) is 14.5. The molecule has 0 spiro atoms. The molecule has 1 aliphatic heterocycles. The summed E-state index contributed by atoms with van der Waals surface area (Å²) in [5.74, 6) is -0.0319. The fourth-order valence-corrected chi connectivity index (χ4v) is 4.20. The molecule has 2 N–H and O–H groups in total. The number of nitro groups is 1. The van der Waals surface area contributed by atoms with Gasteiger partial charge in [-0.25, -0.2) is 8.42 Å². The summed E-state index contributed by atoms with van der Waals surface area (Å²) in [6, 6.07) is 3.49. The number of rotatable bonds is 5. The summed E-state index contributed by atoms with van der Waals surface area (Å²) in [5.41, 5.74) is 5.23. The summed E-state index contributed by atoms with van der Waals surface area (Å²) >= 11 is 0. The average Bonchev–Trinajstić information content (AvgIpc) is 2.90. The minimum absolute atomic E-state index is 0. The molecule has 0 bridgehead atoms. The molecule has 0 amide bonds. The molecule has 8 nitrogen and oxygen atoms in total. The average molecular weight is 366 g/mol.